The third-order valence-electron chi connectivity index (χ3n) is 8.22. The van der Waals surface area contributed by atoms with E-state index in [1.807, 2.05) is 0 Å². The zero-order chi connectivity index (χ0) is 30.6. The third-order valence-corrected chi connectivity index (χ3v) is 8.22. The van der Waals surface area contributed by atoms with E-state index in [4.69, 9.17) is 15.0 Å². The highest BCUT2D eigenvalue weighted by Gasteiger charge is 2.24. The van der Waals surface area contributed by atoms with Gasteiger partial charge in [-0.3, -0.25) is 9.98 Å². The summed E-state index contributed by atoms with van der Waals surface area (Å²) in [6.07, 6.45) is 0.850. The van der Waals surface area contributed by atoms with Crippen molar-refractivity contribution in [3.63, 3.8) is 0 Å². The Hall–Kier alpha value is -3.85. The Kier molecular flexibility index (Phi) is 9.61. The van der Waals surface area contributed by atoms with Crippen LogP contribution in [0.3, 0.4) is 0 Å². The smallest absolute Gasteiger partial charge is 0.0882 e. The molecule has 0 radical (unpaired) electrons. The molecular weight excluding hydrogens is 510 g/mol. The van der Waals surface area contributed by atoms with Crippen molar-refractivity contribution in [1.29, 1.82) is 0 Å². The fourth-order valence-corrected chi connectivity index (χ4v) is 5.66. The van der Waals surface area contributed by atoms with Crippen LogP contribution >= 0.6 is 0 Å². The van der Waals surface area contributed by atoms with E-state index in [9.17, 15) is 0 Å². The molecule has 0 aliphatic carbocycles. The quantitative estimate of drug-likeness (QED) is 0.189. The van der Waals surface area contributed by atoms with Crippen LogP contribution in [0.2, 0.25) is 0 Å². The molecule has 0 bridgehead atoms. The van der Waals surface area contributed by atoms with Crippen molar-refractivity contribution in [3.05, 3.63) is 124 Å². The number of benzene rings is 3. The number of aliphatic imine (C=N–C) groups is 2. The van der Waals surface area contributed by atoms with Crippen LogP contribution in [-0.4, -0.2) is 16.4 Å². The molecule has 0 saturated carbocycles. The highest BCUT2D eigenvalue weighted by atomic mass is 14.8. The van der Waals surface area contributed by atoms with Gasteiger partial charge < -0.3 is 0 Å². The molecule has 3 heteroatoms. The van der Waals surface area contributed by atoms with Crippen LogP contribution in [0.4, 0.5) is 11.4 Å². The van der Waals surface area contributed by atoms with Crippen LogP contribution in [0.25, 0.3) is 0 Å². The zero-order valence-corrected chi connectivity index (χ0v) is 27.2. The Bertz CT molecular complexity index is 1600. The molecule has 0 aliphatic heterocycles. The predicted octanol–water partition coefficient (Wildman–Crippen LogP) is 10.7. The lowest BCUT2D eigenvalue weighted by molar-refractivity contribution is 0.521. The van der Waals surface area contributed by atoms with Gasteiger partial charge in [-0.1, -0.05) is 114 Å². The normalized spacial score (nSPS) is 12.9. The van der Waals surface area contributed by atoms with Gasteiger partial charge >= 0.3 is 0 Å². The molecule has 0 unspecified atom stereocenters. The average molecular weight is 558 g/mol. The summed E-state index contributed by atoms with van der Waals surface area (Å²) in [7, 11) is 0. The first-order chi connectivity index (χ1) is 19.9. The standard InChI is InChI=1S/C39H47N3/c1-25(2)33-20-14-16-27(5)36(33)40-29(7)35-23-22-31(24-39(9,10)32-18-12-11-13-19-32)38(42-35)30(8)41-37-28(6)17-15-21-34(37)26(3)4/h11-23,25-26H,24H2,1-10H3. The Balaban J connectivity index is 1.87. The predicted molar refractivity (Wildman–Crippen MR) is 182 cm³/mol. The summed E-state index contributed by atoms with van der Waals surface area (Å²) >= 11 is 0. The van der Waals surface area contributed by atoms with Crippen LogP contribution in [-0.2, 0) is 11.8 Å². The van der Waals surface area contributed by atoms with Gasteiger partial charge in [0.15, 0.2) is 0 Å². The minimum atomic E-state index is -0.0678. The topological polar surface area (TPSA) is 37.6 Å². The minimum Gasteiger partial charge on any atom is -0.251 e. The van der Waals surface area contributed by atoms with Crippen LogP contribution in [0.15, 0.2) is 88.8 Å². The second-order valence-corrected chi connectivity index (χ2v) is 12.9. The monoisotopic (exact) mass is 557 g/mol. The van der Waals surface area contributed by atoms with E-state index >= 15 is 0 Å². The van der Waals surface area contributed by atoms with Crippen molar-refractivity contribution >= 4 is 22.8 Å². The third kappa shape index (κ3) is 6.95. The number of hydrogen-bond acceptors (Lipinski definition) is 3. The van der Waals surface area contributed by atoms with Crippen molar-refractivity contribution in [2.24, 2.45) is 9.98 Å². The molecule has 0 saturated heterocycles. The highest BCUT2D eigenvalue weighted by molar-refractivity contribution is 6.03. The molecule has 0 amide bonds. The molecule has 0 fully saturated rings. The molecule has 218 valence electrons. The number of hydrogen-bond donors (Lipinski definition) is 0. The van der Waals surface area contributed by atoms with Crippen molar-refractivity contribution in [1.82, 2.24) is 4.98 Å². The van der Waals surface area contributed by atoms with Crippen molar-refractivity contribution < 1.29 is 0 Å². The van der Waals surface area contributed by atoms with E-state index in [1.165, 1.54) is 33.4 Å². The second kappa shape index (κ2) is 13.0. The SMILES string of the molecule is CC(=Nc1c(C)cccc1C(C)C)c1ccc(CC(C)(C)c2ccccc2)c(C(C)=Nc2c(C)cccc2C(C)C)n1. The van der Waals surface area contributed by atoms with E-state index in [0.29, 0.717) is 11.8 Å². The number of para-hydroxylation sites is 2. The molecule has 1 aromatic heterocycles. The molecular formula is C39H47N3. The second-order valence-electron chi connectivity index (χ2n) is 12.9. The molecule has 0 spiro atoms. The molecule has 42 heavy (non-hydrogen) atoms. The Labute approximate surface area is 253 Å². The van der Waals surface area contributed by atoms with Gasteiger partial charge in [0.25, 0.3) is 0 Å². The molecule has 4 aromatic rings. The van der Waals surface area contributed by atoms with Gasteiger partial charge in [0.1, 0.15) is 0 Å². The fraction of sp³-hybridized carbons (Fsp3) is 0.359. The lowest BCUT2D eigenvalue weighted by Crippen LogP contribution is -2.22. The summed E-state index contributed by atoms with van der Waals surface area (Å²) in [5.74, 6) is 0.770. The Morgan fingerprint density at radius 3 is 1.71 bits per heavy atom. The van der Waals surface area contributed by atoms with Crippen molar-refractivity contribution in [2.45, 2.75) is 92.9 Å². The largest absolute Gasteiger partial charge is 0.251 e. The van der Waals surface area contributed by atoms with Gasteiger partial charge in [-0.25, -0.2) is 4.98 Å². The molecule has 3 nitrogen and oxygen atoms in total. The van der Waals surface area contributed by atoms with Gasteiger partial charge in [-0.2, -0.15) is 0 Å². The number of aromatic nitrogens is 1. The van der Waals surface area contributed by atoms with E-state index in [1.54, 1.807) is 0 Å². The van der Waals surface area contributed by atoms with Gasteiger partial charge in [0.2, 0.25) is 0 Å². The lowest BCUT2D eigenvalue weighted by Gasteiger charge is -2.26. The molecule has 3 aromatic carbocycles. The summed E-state index contributed by atoms with van der Waals surface area (Å²) < 4.78 is 0. The molecule has 0 atom stereocenters. The molecule has 0 N–H and O–H groups in total. The van der Waals surface area contributed by atoms with Crippen LogP contribution < -0.4 is 0 Å². The maximum absolute atomic E-state index is 5.29. The Morgan fingerprint density at radius 1 is 0.667 bits per heavy atom. The van der Waals surface area contributed by atoms with Crippen LogP contribution in [0.5, 0.6) is 0 Å². The average Bonchev–Trinajstić information content (AvgIpc) is 2.95. The van der Waals surface area contributed by atoms with E-state index < -0.39 is 0 Å². The molecule has 1 heterocycles. The van der Waals surface area contributed by atoms with Gasteiger partial charge in [-0.05, 0) is 90.8 Å². The Morgan fingerprint density at radius 2 is 1.19 bits per heavy atom. The van der Waals surface area contributed by atoms with E-state index in [0.717, 1.165) is 40.6 Å². The van der Waals surface area contributed by atoms with Crippen molar-refractivity contribution in [2.75, 3.05) is 0 Å². The summed E-state index contributed by atoms with van der Waals surface area (Å²) in [6, 6.07) is 28.0. The number of nitrogens with zero attached hydrogens (tertiary/aromatic N) is 3. The van der Waals surface area contributed by atoms with Gasteiger partial charge in [-0.15, -0.1) is 0 Å². The first-order valence-electron chi connectivity index (χ1n) is 15.2. The summed E-state index contributed by atoms with van der Waals surface area (Å²) in [5.41, 5.74) is 13.1. The van der Waals surface area contributed by atoms with E-state index in [2.05, 4.69) is 148 Å². The maximum Gasteiger partial charge on any atom is 0.0882 e. The zero-order valence-electron chi connectivity index (χ0n) is 27.2. The van der Waals surface area contributed by atoms with Crippen LogP contribution in [0, 0.1) is 13.8 Å². The first-order valence-corrected chi connectivity index (χ1v) is 15.2. The van der Waals surface area contributed by atoms with Crippen molar-refractivity contribution in [3.8, 4) is 0 Å². The fourth-order valence-electron chi connectivity index (χ4n) is 5.66. The lowest BCUT2D eigenvalue weighted by atomic mass is 9.78. The number of aryl methyl sites for hydroxylation is 2. The first kappa shape index (κ1) is 31.1. The highest BCUT2D eigenvalue weighted by Crippen LogP contribution is 2.34. The number of pyridine rings is 1. The van der Waals surface area contributed by atoms with Crippen LogP contribution in [0.1, 0.15) is 112 Å². The van der Waals surface area contributed by atoms with Gasteiger partial charge in [0, 0.05) is 0 Å². The molecule has 4 rings (SSSR count). The summed E-state index contributed by atoms with van der Waals surface area (Å²) in [6.45, 7) is 22.0. The van der Waals surface area contributed by atoms with Gasteiger partial charge in [0.05, 0.1) is 34.2 Å². The minimum absolute atomic E-state index is 0.0678. The molecule has 0 aliphatic rings. The maximum atomic E-state index is 5.29. The summed E-state index contributed by atoms with van der Waals surface area (Å²) in [5, 5.41) is 0. The van der Waals surface area contributed by atoms with E-state index in [-0.39, 0.29) is 5.41 Å². The number of rotatable bonds is 9. The summed E-state index contributed by atoms with van der Waals surface area (Å²) in [4.78, 5) is 15.7.